The maximum Gasteiger partial charge on any atom is 0.228 e. The number of Topliss-reactive ketones (excluding diaryl/α,β-unsaturated/α-hetero) is 1. The number of hydrogen-bond donors (Lipinski definition) is 0. The Labute approximate surface area is 230 Å². The Morgan fingerprint density at radius 1 is 1.18 bits per heavy atom. The summed E-state index contributed by atoms with van der Waals surface area (Å²) in [4.78, 5) is 28.3. The number of oxime groups is 1. The van der Waals surface area contributed by atoms with Gasteiger partial charge in [0.25, 0.3) is 0 Å². The van der Waals surface area contributed by atoms with Crippen LogP contribution in [0.25, 0.3) is 5.65 Å². The first-order chi connectivity index (χ1) is 18.8. The van der Waals surface area contributed by atoms with Gasteiger partial charge < -0.3 is 14.3 Å². The lowest BCUT2D eigenvalue weighted by Crippen LogP contribution is -2.33. The minimum absolute atomic E-state index is 0.0343. The molecule has 1 atom stereocenters. The average molecular weight is 544 g/mol. The number of hydrogen-bond acceptors (Lipinski definition) is 8. The number of rotatable bonds is 6. The first-order valence-electron chi connectivity index (χ1n) is 12.5. The van der Waals surface area contributed by atoms with Crippen LogP contribution in [0, 0.1) is 5.41 Å². The molecule has 0 saturated carbocycles. The summed E-state index contributed by atoms with van der Waals surface area (Å²) in [6, 6.07) is 15.0. The zero-order valence-corrected chi connectivity index (χ0v) is 22.5. The normalized spacial score (nSPS) is 18.2. The van der Waals surface area contributed by atoms with E-state index in [1.807, 2.05) is 42.5 Å². The molecule has 39 heavy (non-hydrogen) atoms. The minimum Gasteiger partial charge on any atom is -0.497 e. The third-order valence-corrected chi connectivity index (χ3v) is 7.27. The van der Waals surface area contributed by atoms with Crippen molar-refractivity contribution < 1.29 is 19.1 Å². The van der Waals surface area contributed by atoms with Crippen LogP contribution in [-0.2, 0) is 16.2 Å². The van der Waals surface area contributed by atoms with Crippen LogP contribution in [0.15, 0.2) is 71.3 Å². The number of carbonyl (C=O) groups excluding carboxylic acids is 1. The standard InChI is InChI=1S/C29H26ClN5O4/c1-29(2)12-21(36)25-22(13-29)39-28-26(24(25)17-8-10-19(37-3)11-9-17)27-33-23(34-35(27)16-31-28)15-38-32-14-18-6-4-5-7-20(18)30/h4-11,14,16,24H,12-13,15H2,1-3H3/b32-14-/t24-/m1/s1. The molecule has 0 fully saturated rings. The second-order valence-electron chi connectivity index (χ2n) is 10.4. The Bertz CT molecular complexity index is 1640. The Hall–Kier alpha value is -4.24. The summed E-state index contributed by atoms with van der Waals surface area (Å²) in [6.45, 7) is 4.18. The van der Waals surface area contributed by atoms with Crippen molar-refractivity contribution in [1.29, 1.82) is 0 Å². The number of halogens is 1. The van der Waals surface area contributed by atoms with Gasteiger partial charge in [-0.2, -0.15) is 0 Å². The molecule has 2 aromatic carbocycles. The number of fused-ring (bicyclic) bond motifs is 3. The first kappa shape index (κ1) is 25.1. The largest absolute Gasteiger partial charge is 0.497 e. The van der Waals surface area contributed by atoms with Gasteiger partial charge in [0, 0.05) is 34.9 Å². The number of allylic oxidation sites excluding steroid dienone is 2. The lowest BCUT2D eigenvalue weighted by atomic mass is 9.70. The molecule has 198 valence electrons. The number of nitrogens with zero attached hydrogens (tertiary/aromatic N) is 5. The van der Waals surface area contributed by atoms with Crippen molar-refractivity contribution in [2.75, 3.05) is 7.11 Å². The van der Waals surface area contributed by atoms with Crippen molar-refractivity contribution in [2.24, 2.45) is 10.6 Å². The van der Waals surface area contributed by atoms with Crippen LogP contribution in [0.2, 0.25) is 5.02 Å². The second kappa shape index (κ2) is 9.81. The van der Waals surface area contributed by atoms with Crippen molar-refractivity contribution >= 4 is 29.2 Å². The number of methoxy groups -OCH3 is 1. The summed E-state index contributed by atoms with van der Waals surface area (Å²) >= 11 is 6.17. The number of aromatic nitrogens is 4. The highest BCUT2D eigenvalue weighted by atomic mass is 35.5. The Kier molecular flexibility index (Phi) is 6.31. The number of carbonyl (C=O) groups is 1. The lowest BCUT2D eigenvalue weighted by Gasteiger charge is -2.37. The molecule has 1 aliphatic carbocycles. The molecule has 6 rings (SSSR count). The molecule has 1 aliphatic heterocycles. The van der Waals surface area contributed by atoms with E-state index in [0.29, 0.717) is 52.1 Å². The van der Waals surface area contributed by atoms with E-state index in [-0.39, 0.29) is 17.8 Å². The van der Waals surface area contributed by atoms with E-state index in [4.69, 9.17) is 30.9 Å². The zero-order chi connectivity index (χ0) is 27.1. The summed E-state index contributed by atoms with van der Waals surface area (Å²) in [7, 11) is 1.62. The Balaban J connectivity index is 1.38. The molecule has 0 amide bonds. The quantitative estimate of drug-likeness (QED) is 0.234. The first-order valence-corrected chi connectivity index (χ1v) is 12.9. The van der Waals surface area contributed by atoms with Gasteiger partial charge in [-0.1, -0.05) is 60.9 Å². The fourth-order valence-electron chi connectivity index (χ4n) is 5.15. The second-order valence-corrected chi connectivity index (χ2v) is 10.8. The molecule has 3 heterocycles. The summed E-state index contributed by atoms with van der Waals surface area (Å²) < 4.78 is 13.2. The molecular weight excluding hydrogens is 518 g/mol. The predicted octanol–water partition coefficient (Wildman–Crippen LogP) is 5.50. The molecule has 0 spiro atoms. The van der Waals surface area contributed by atoms with Gasteiger partial charge in [0.05, 0.1) is 18.9 Å². The van der Waals surface area contributed by atoms with Crippen LogP contribution in [0.4, 0.5) is 0 Å². The van der Waals surface area contributed by atoms with Crippen molar-refractivity contribution in [3.05, 3.63) is 93.7 Å². The highest BCUT2D eigenvalue weighted by Gasteiger charge is 2.44. The minimum atomic E-state index is -0.411. The Morgan fingerprint density at radius 3 is 2.74 bits per heavy atom. The van der Waals surface area contributed by atoms with Crippen LogP contribution in [0.5, 0.6) is 11.6 Å². The van der Waals surface area contributed by atoms with Crippen LogP contribution in [0.1, 0.15) is 55.1 Å². The highest BCUT2D eigenvalue weighted by Crippen LogP contribution is 2.50. The average Bonchev–Trinajstić information content (AvgIpc) is 3.33. The summed E-state index contributed by atoms with van der Waals surface area (Å²) in [6.07, 6.45) is 4.18. The molecule has 4 aromatic rings. The lowest BCUT2D eigenvalue weighted by molar-refractivity contribution is -0.118. The van der Waals surface area contributed by atoms with Gasteiger partial charge in [-0.25, -0.2) is 14.5 Å². The molecule has 0 radical (unpaired) electrons. The van der Waals surface area contributed by atoms with Gasteiger partial charge in [-0.15, -0.1) is 5.10 Å². The molecule has 0 unspecified atom stereocenters. The van der Waals surface area contributed by atoms with Crippen LogP contribution >= 0.6 is 11.6 Å². The van der Waals surface area contributed by atoms with Gasteiger partial charge in [-0.3, -0.25) is 4.79 Å². The fraction of sp³-hybridized carbons (Fsp3) is 0.276. The number of ether oxygens (including phenoxy) is 2. The summed E-state index contributed by atoms with van der Waals surface area (Å²) in [5, 5.41) is 9.11. The molecule has 0 bridgehead atoms. The van der Waals surface area contributed by atoms with Crippen LogP contribution in [0.3, 0.4) is 0 Å². The van der Waals surface area contributed by atoms with Gasteiger partial charge >= 0.3 is 0 Å². The predicted molar refractivity (Wildman–Crippen MR) is 145 cm³/mol. The van der Waals surface area contributed by atoms with E-state index in [1.165, 1.54) is 0 Å². The molecule has 0 N–H and O–H groups in total. The maximum atomic E-state index is 13.5. The van der Waals surface area contributed by atoms with E-state index in [9.17, 15) is 4.79 Å². The van der Waals surface area contributed by atoms with E-state index in [0.717, 1.165) is 16.9 Å². The van der Waals surface area contributed by atoms with Crippen molar-refractivity contribution in [2.45, 2.75) is 39.2 Å². The van der Waals surface area contributed by atoms with E-state index in [1.54, 1.807) is 30.2 Å². The summed E-state index contributed by atoms with van der Waals surface area (Å²) in [5.74, 6) is 1.87. The topological polar surface area (TPSA) is 100 Å². The van der Waals surface area contributed by atoms with Crippen molar-refractivity contribution in [1.82, 2.24) is 19.6 Å². The van der Waals surface area contributed by atoms with Gasteiger partial charge in [0.15, 0.2) is 23.9 Å². The van der Waals surface area contributed by atoms with Crippen molar-refractivity contribution in [3.8, 4) is 11.6 Å². The smallest absolute Gasteiger partial charge is 0.228 e. The fourth-order valence-corrected chi connectivity index (χ4v) is 5.33. The zero-order valence-electron chi connectivity index (χ0n) is 21.7. The third kappa shape index (κ3) is 4.74. The van der Waals surface area contributed by atoms with Gasteiger partial charge in [-0.05, 0) is 29.2 Å². The number of ketones is 1. The summed E-state index contributed by atoms with van der Waals surface area (Å²) in [5.41, 5.74) is 3.33. The molecule has 2 aromatic heterocycles. The van der Waals surface area contributed by atoms with Crippen LogP contribution < -0.4 is 9.47 Å². The van der Waals surface area contributed by atoms with Crippen molar-refractivity contribution in [3.63, 3.8) is 0 Å². The SMILES string of the molecule is COc1ccc([C@@H]2C3=C(CC(C)(C)CC3=O)Oc3ncn4nc(CO/N=C\c5ccccc5Cl)nc4c32)cc1. The van der Waals surface area contributed by atoms with E-state index in [2.05, 4.69) is 29.1 Å². The third-order valence-electron chi connectivity index (χ3n) is 6.92. The van der Waals surface area contributed by atoms with Gasteiger partial charge in [0.1, 0.15) is 17.8 Å². The van der Waals surface area contributed by atoms with E-state index < -0.39 is 5.92 Å². The highest BCUT2D eigenvalue weighted by molar-refractivity contribution is 6.33. The molecule has 0 saturated heterocycles. The van der Waals surface area contributed by atoms with E-state index >= 15 is 0 Å². The molecular formula is C29H26ClN5O4. The molecule has 2 aliphatic rings. The maximum absolute atomic E-state index is 13.5. The Morgan fingerprint density at radius 2 is 1.97 bits per heavy atom. The van der Waals surface area contributed by atoms with Crippen LogP contribution in [-0.4, -0.2) is 38.7 Å². The molecule has 9 nitrogen and oxygen atoms in total. The van der Waals surface area contributed by atoms with Gasteiger partial charge in [0.2, 0.25) is 5.88 Å². The monoisotopic (exact) mass is 543 g/mol. The molecule has 10 heteroatoms. The number of benzene rings is 2.